The van der Waals surface area contributed by atoms with Crippen molar-refractivity contribution in [1.82, 2.24) is 0 Å². The summed E-state index contributed by atoms with van der Waals surface area (Å²) in [6.45, 7) is 1.77. The highest BCUT2D eigenvalue weighted by atomic mass is 16.4. The van der Waals surface area contributed by atoms with Crippen molar-refractivity contribution in [1.29, 1.82) is 0 Å². The number of hydrogen-bond donors (Lipinski definition) is 1. The van der Waals surface area contributed by atoms with E-state index in [0.29, 0.717) is 0 Å². The van der Waals surface area contributed by atoms with E-state index in [-0.39, 0.29) is 5.89 Å². The number of rotatable bonds is 1. The normalized spacial score (nSPS) is 9.80. The molecule has 0 saturated heterocycles. The molecule has 0 saturated carbocycles. The summed E-state index contributed by atoms with van der Waals surface area (Å²) in [5.41, 5.74) is 0.789. The minimum atomic E-state index is -1.05. The second kappa shape index (κ2) is 2.13. The van der Waals surface area contributed by atoms with Crippen LogP contribution in [0, 0.1) is 6.92 Å². The summed E-state index contributed by atoms with van der Waals surface area (Å²) in [6.07, 6.45) is 1.41. The van der Waals surface area contributed by atoms with Crippen LogP contribution >= 0.6 is 0 Å². The van der Waals surface area contributed by atoms with Crippen molar-refractivity contribution >= 4 is 5.97 Å². The van der Waals surface area contributed by atoms with E-state index in [1.807, 2.05) is 0 Å². The minimum absolute atomic E-state index is 0.0440. The Bertz CT molecular complexity index is 264. The SMILES string of the molecule is Cc1coc(C(=O)O)[n+]1C. The third-order valence-electron chi connectivity index (χ3n) is 1.36. The molecule has 4 heteroatoms. The molecular weight excluding hydrogens is 134 g/mol. The smallest absolute Gasteiger partial charge is 0.461 e. The van der Waals surface area contributed by atoms with Gasteiger partial charge in [-0.3, -0.25) is 0 Å². The highest BCUT2D eigenvalue weighted by molar-refractivity contribution is 5.80. The molecule has 0 fully saturated rings. The summed E-state index contributed by atoms with van der Waals surface area (Å²) in [7, 11) is 1.64. The van der Waals surface area contributed by atoms with E-state index in [4.69, 9.17) is 9.52 Å². The van der Waals surface area contributed by atoms with Gasteiger partial charge in [0.2, 0.25) is 5.69 Å². The van der Waals surface area contributed by atoms with E-state index in [9.17, 15) is 4.79 Å². The van der Waals surface area contributed by atoms with Crippen LogP contribution in [0.15, 0.2) is 10.7 Å². The van der Waals surface area contributed by atoms with Gasteiger partial charge in [-0.25, -0.2) is 4.79 Å². The Balaban J connectivity index is 3.17. The number of nitrogens with zero attached hydrogens (tertiary/aromatic N) is 1. The number of aromatic carboxylic acids is 1. The molecule has 1 heterocycles. The van der Waals surface area contributed by atoms with Crippen molar-refractivity contribution < 1.29 is 18.9 Å². The lowest BCUT2D eigenvalue weighted by atomic mass is 10.5. The van der Waals surface area contributed by atoms with Crippen molar-refractivity contribution in [3.05, 3.63) is 17.8 Å². The lowest BCUT2D eigenvalue weighted by Crippen LogP contribution is -2.35. The number of carboxylic acid groups (broad SMARTS) is 1. The molecule has 0 aliphatic rings. The van der Waals surface area contributed by atoms with Crippen molar-refractivity contribution in [2.75, 3.05) is 0 Å². The number of aromatic nitrogens is 1. The van der Waals surface area contributed by atoms with Crippen molar-refractivity contribution in [2.45, 2.75) is 6.92 Å². The molecule has 0 bridgehead atoms. The fraction of sp³-hybridized carbons (Fsp3) is 0.333. The van der Waals surface area contributed by atoms with Gasteiger partial charge in [0.25, 0.3) is 0 Å². The molecule has 1 aromatic heterocycles. The summed E-state index contributed by atoms with van der Waals surface area (Å²) in [6, 6.07) is 0. The second-order valence-electron chi connectivity index (χ2n) is 2.05. The average molecular weight is 142 g/mol. The van der Waals surface area contributed by atoms with E-state index in [0.717, 1.165) is 5.69 Å². The van der Waals surface area contributed by atoms with Crippen LogP contribution in [-0.2, 0) is 7.05 Å². The Kier molecular flexibility index (Phi) is 1.45. The molecule has 4 nitrogen and oxygen atoms in total. The van der Waals surface area contributed by atoms with Crippen molar-refractivity contribution in [3.63, 3.8) is 0 Å². The zero-order chi connectivity index (χ0) is 7.72. The average Bonchev–Trinajstić information content (AvgIpc) is 2.14. The molecule has 54 valence electrons. The van der Waals surface area contributed by atoms with E-state index < -0.39 is 5.97 Å². The van der Waals surface area contributed by atoms with Gasteiger partial charge in [0, 0.05) is 6.92 Å². The molecule has 0 atom stereocenters. The van der Waals surface area contributed by atoms with Crippen molar-refractivity contribution in [2.24, 2.45) is 7.05 Å². The van der Waals surface area contributed by atoms with Gasteiger partial charge >= 0.3 is 11.9 Å². The van der Waals surface area contributed by atoms with Crippen LogP contribution in [-0.4, -0.2) is 11.1 Å². The Labute approximate surface area is 57.7 Å². The quantitative estimate of drug-likeness (QED) is 0.566. The maximum atomic E-state index is 10.3. The summed E-state index contributed by atoms with van der Waals surface area (Å²) in [4.78, 5) is 10.3. The third kappa shape index (κ3) is 0.877. The van der Waals surface area contributed by atoms with Gasteiger partial charge in [-0.1, -0.05) is 0 Å². The lowest BCUT2D eigenvalue weighted by molar-refractivity contribution is -0.683. The fourth-order valence-corrected chi connectivity index (χ4v) is 0.653. The van der Waals surface area contributed by atoms with E-state index in [2.05, 4.69) is 0 Å². The number of carbonyl (C=O) groups is 1. The zero-order valence-corrected chi connectivity index (χ0v) is 5.79. The number of carboxylic acids is 1. The van der Waals surface area contributed by atoms with E-state index >= 15 is 0 Å². The first kappa shape index (κ1) is 6.80. The summed E-state index contributed by atoms with van der Waals surface area (Å²) < 4.78 is 6.19. The molecule has 0 radical (unpaired) electrons. The monoisotopic (exact) mass is 142 g/mol. The summed E-state index contributed by atoms with van der Waals surface area (Å²) >= 11 is 0. The maximum Gasteiger partial charge on any atom is 0.461 e. The molecule has 0 spiro atoms. The Morgan fingerprint density at radius 1 is 1.80 bits per heavy atom. The van der Waals surface area contributed by atoms with Gasteiger partial charge in [-0.05, 0) is 0 Å². The molecular formula is C6H8NO3+. The van der Waals surface area contributed by atoms with E-state index in [1.165, 1.54) is 10.8 Å². The molecule has 0 amide bonds. The minimum Gasteiger partial charge on any atom is -0.471 e. The van der Waals surface area contributed by atoms with Crippen LogP contribution in [0.2, 0.25) is 0 Å². The Morgan fingerprint density at radius 3 is 2.60 bits per heavy atom. The number of hydrogen-bond acceptors (Lipinski definition) is 2. The fourth-order valence-electron chi connectivity index (χ4n) is 0.653. The van der Waals surface area contributed by atoms with E-state index in [1.54, 1.807) is 14.0 Å². The van der Waals surface area contributed by atoms with Crippen LogP contribution in [0.3, 0.4) is 0 Å². The second-order valence-corrected chi connectivity index (χ2v) is 2.05. The molecule has 0 aromatic carbocycles. The summed E-state index contributed by atoms with van der Waals surface area (Å²) in [5, 5.41) is 8.46. The molecule has 1 N–H and O–H groups in total. The molecule has 10 heavy (non-hydrogen) atoms. The van der Waals surface area contributed by atoms with Crippen LogP contribution in [0.25, 0.3) is 0 Å². The van der Waals surface area contributed by atoms with Gasteiger partial charge < -0.3 is 9.52 Å². The summed E-state index contributed by atoms with van der Waals surface area (Å²) in [5.74, 6) is -1.09. The molecule has 0 aliphatic carbocycles. The first-order valence-corrected chi connectivity index (χ1v) is 2.80. The molecule has 1 rings (SSSR count). The largest absolute Gasteiger partial charge is 0.471 e. The van der Waals surface area contributed by atoms with Crippen LogP contribution < -0.4 is 4.57 Å². The maximum absolute atomic E-state index is 10.3. The van der Waals surface area contributed by atoms with Gasteiger partial charge in [-0.15, -0.1) is 0 Å². The van der Waals surface area contributed by atoms with Crippen LogP contribution in [0.4, 0.5) is 0 Å². The third-order valence-corrected chi connectivity index (χ3v) is 1.36. The lowest BCUT2D eigenvalue weighted by Gasteiger charge is -1.81. The van der Waals surface area contributed by atoms with Gasteiger partial charge in [0.15, 0.2) is 6.26 Å². The predicted octanol–water partition coefficient (Wildman–Crippen LogP) is 0.111. The molecule has 1 aromatic rings. The zero-order valence-electron chi connectivity index (χ0n) is 5.79. The first-order chi connectivity index (χ1) is 4.63. The van der Waals surface area contributed by atoms with Gasteiger partial charge in [0.1, 0.15) is 7.05 Å². The standard InChI is InChI=1S/C6H7NO3/c1-4-3-10-5(6(8)9)7(4)2/h3H,1-2H3/p+1. The number of oxazole rings is 1. The Hall–Kier alpha value is -1.32. The highest BCUT2D eigenvalue weighted by Gasteiger charge is 2.22. The van der Waals surface area contributed by atoms with Gasteiger partial charge in [0.05, 0.1) is 0 Å². The number of aryl methyl sites for hydroxylation is 1. The van der Waals surface area contributed by atoms with Crippen LogP contribution in [0.1, 0.15) is 16.4 Å². The van der Waals surface area contributed by atoms with Crippen molar-refractivity contribution in [3.8, 4) is 0 Å². The van der Waals surface area contributed by atoms with Crippen LogP contribution in [0.5, 0.6) is 0 Å². The predicted molar refractivity (Wildman–Crippen MR) is 31.6 cm³/mol. The Morgan fingerprint density at radius 2 is 2.40 bits per heavy atom. The molecule has 0 aliphatic heterocycles. The van der Waals surface area contributed by atoms with Gasteiger partial charge in [-0.2, -0.15) is 4.57 Å². The topological polar surface area (TPSA) is 54.3 Å². The molecule has 0 unspecified atom stereocenters. The first-order valence-electron chi connectivity index (χ1n) is 2.80. The highest BCUT2D eigenvalue weighted by Crippen LogP contribution is 1.95.